The van der Waals surface area contributed by atoms with Crippen LogP contribution in [0.25, 0.3) is 10.8 Å². The van der Waals surface area contributed by atoms with Gasteiger partial charge in [-0.15, -0.1) is 0 Å². The lowest BCUT2D eigenvalue weighted by atomic mass is 9.81. The van der Waals surface area contributed by atoms with E-state index in [1.54, 1.807) is 14.2 Å². The number of halogens is 1. The van der Waals surface area contributed by atoms with E-state index < -0.39 is 0 Å². The maximum atomic E-state index is 13.5. The van der Waals surface area contributed by atoms with Gasteiger partial charge in [0.25, 0.3) is 0 Å². The number of rotatable bonds is 5. The zero-order valence-electron chi connectivity index (χ0n) is 18.5. The first-order valence-electron chi connectivity index (χ1n) is 10.9. The number of ether oxygens (including phenoxy) is 2. The predicted octanol–water partition coefficient (Wildman–Crippen LogP) is 6.58. The first kappa shape index (κ1) is 21.4. The SMILES string of the molecule is COc1ccc(C2CC(=O)N(Cc3ccc(Cl)cc3)c3ccc4ccccc4c32)cc1OC. The molecule has 0 spiro atoms. The number of nitrogens with zero attached hydrogens (tertiary/aromatic N) is 1. The van der Waals surface area contributed by atoms with Crippen LogP contribution in [0.15, 0.2) is 78.9 Å². The summed E-state index contributed by atoms with van der Waals surface area (Å²) in [5.41, 5.74) is 4.18. The van der Waals surface area contributed by atoms with E-state index in [0.29, 0.717) is 29.5 Å². The Bertz CT molecular complexity index is 1330. The van der Waals surface area contributed by atoms with Crippen LogP contribution in [0.1, 0.15) is 29.0 Å². The number of anilines is 1. The highest BCUT2D eigenvalue weighted by atomic mass is 35.5. The van der Waals surface area contributed by atoms with E-state index in [0.717, 1.165) is 33.2 Å². The highest BCUT2D eigenvalue weighted by Gasteiger charge is 2.34. The summed E-state index contributed by atoms with van der Waals surface area (Å²) in [5.74, 6) is 1.34. The van der Waals surface area contributed by atoms with Gasteiger partial charge in [0.2, 0.25) is 5.91 Å². The molecule has 0 aliphatic carbocycles. The Balaban J connectivity index is 1.66. The van der Waals surface area contributed by atoms with Gasteiger partial charge in [-0.1, -0.05) is 60.1 Å². The molecule has 0 fully saturated rings. The molecule has 166 valence electrons. The lowest BCUT2D eigenvalue weighted by Crippen LogP contribution is -2.36. The van der Waals surface area contributed by atoms with Crippen LogP contribution in [-0.2, 0) is 11.3 Å². The Labute approximate surface area is 198 Å². The monoisotopic (exact) mass is 457 g/mol. The molecule has 0 aromatic heterocycles. The molecule has 1 aliphatic heterocycles. The van der Waals surface area contributed by atoms with Crippen molar-refractivity contribution in [3.63, 3.8) is 0 Å². The fourth-order valence-electron chi connectivity index (χ4n) is 4.71. The number of fused-ring (bicyclic) bond motifs is 3. The Hall–Kier alpha value is -3.50. The van der Waals surface area contributed by atoms with Gasteiger partial charge >= 0.3 is 0 Å². The summed E-state index contributed by atoms with van der Waals surface area (Å²) in [6.45, 7) is 0.500. The lowest BCUT2D eigenvalue weighted by Gasteiger charge is -2.35. The van der Waals surface area contributed by atoms with Crippen molar-refractivity contribution >= 4 is 34.0 Å². The van der Waals surface area contributed by atoms with Gasteiger partial charge in [0.05, 0.1) is 20.8 Å². The average molecular weight is 458 g/mol. The van der Waals surface area contributed by atoms with E-state index in [9.17, 15) is 4.79 Å². The molecule has 33 heavy (non-hydrogen) atoms. The summed E-state index contributed by atoms with van der Waals surface area (Å²) in [7, 11) is 3.25. The van der Waals surface area contributed by atoms with E-state index in [4.69, 9.17) is 21.1 Å². The predicted molar refractivity (Wildman–Crippen MR) is 133 cm³/mol. The number of carbonyl (C=O) groups excluding carboxylic acids is 1. The van der Waals surface area contributed by atoms with E-state index in [1.807, 2.05) is 59.5 Å². The normalized spacial score (nSPS) is 15.4. The van der Waals surface area contributed by atoms with Crippen molar-refractivity contribution in [1.82, 2.24) is 0 Å². The van der Waals surface area contributed by atoms with Crippen LogP contribution in [0, 0.1) is 0 Å². The highest BCUT2D eigenvalue weighted by Crippen LogP contribution is 2.45. The van der Waals surface area contributed by atoms with Crippen molar-refractivity contribution in [3.05, 3.63) is 101 Å². The van der Waals surface area contributed by atoms with Crippen LogP contribution in [0.3, 0.4) is 0 Å². The quantitative estimate of drug-likeness (QED) is 0.340. The van der Waals surface area contributed by atoms with Crippen LogP contribution in [-0.4, -0.2) is 20.1 Å². The minimum atomic E-state index is -0.0835. The van der Waals surface area contributed by atoms with Crippen molar-refractivity contribution in [1.29, 1.82) is 0 Å². The molecule has 1 amide bonds. The molecule has 0 saturated carbocycles. The van der Waals surface area contributed by atoms with Crippen LogP contribution >= 0.6 is 11.6 Å². The van der Waals surface area contributed by atoms with Crippen LogP contribution in [0.5, 0.6) is 11.5 Å². The van der Waals surface area contributed by atoms with Crippen molar-refractivity contribution < 1.29 is 14.3 Å². The Kier molecular flexibility index (Phi) is 5.69. The Morgan fingerprint density at radius 2 is 1.67 bits per heavy atom. The van der Waals surface area contributed by atoms with Crippen molar-refractivity contribution in [3.8, 4) is 11.5 Å². The third-order valence-corrected chi connectivity index (χ3v) is 6.58. The number of amides is 1. The average Bonchev–Trinajstić information content (AvgIpc) is 2.85. The first-order valence-corrected chi connectivity index (χ1v) is 11.2. The first-order chi connectivity index (χ1) is 16.1. The minimum absolute atomic E-state index is 0.0835. The van der Waals surface area contributed by atoms with Crippen LogP contribution in [0.4, 0.5) is 5.69 Å². The molecule has 1 aliphatic rings. The van der Waals surface area contributed by atoms with Crippen molar-refractivity contribution in [2.24, 2.45) is 0 Å². The number of hydrogen-bond acceptors (Lipinski definition) is 3. The number of carbonyl (C=O) groups is 1. The standard InChI is InChI=1S/C28H24ClNO3/c1-32-25-14-10-20(15-26(25)33-2)23-16-27(31)30(17-18-7-11-21(29)12-8-18)24-13-9-19-5-3-4-6-22(19)28(23)24/h3-15,23H,16-17H2,1-2H3. The zero-order chi connectivity index (χ0) is 22.9. The summed E-state index contributed by atoms with van der Waals surface area (Å²) in [4.78, 5) is 15.4. The lowest BCUT2D eigenvalue weighted by molar-refractivity contribution is -0.119. The molecule has 0 N–H and O–H groups in total. The number of benzene rings is 4. The van der Waals surface area contributed by atoms with Gasteiger partial charge in [-0.25, -0.2) is 0 Å². The molecule has 1 unspecified atom stereocenters. The maximum absolute atomic E-state index is 13.5. The Morgan fingerprint density at radius 3 is 2.42 bits per heavy atom. The fraction of sp³-hybridized carbons (Fsp3) is 0.179. The molecule has 0 bridgehead atoms. The fourth-order valence-corrected chi connectivity index (χ4v) is 4.83. The molecule has 0 radical (unpaired) electrons. The third kappa shape index (κ3) is 3.91. The van der Waals surface area contributed by atoms with E-state index in [-0.39, 0.29) is 11.8 Å². The molecule has 4 aromatic rings. The van der Waals surface area contributed by atoms with Crippen LogP contribution < -0.4 is 14.4 Å². The van der Waals surface area contributed by atoms with E-state index in [1.165, 1.54) is 0 Å². The summed E-state index contributed by atoms with van der Waals surface area (Å²) in [5, 5.41) is 2.99. The van der Waals surface area contributed by atoms with Gasteiger partial charge in [0.15, 0.2) is 11.5 Å². The molecular formula is C28H24ClNO3. The van der Waals surface area contributed by atoms with Gasteiger partial charge in [0, 0.05) is 23.0 Å². The maximum Gasteiger partial charge on any atom is 0.228 e. The van der Waals surface area contributed by atoms with Crippen molar-refractivity contribution in [2.45, 2.75) is 18.9 Å². The number of hydrogen-bond donors (Lipinski definition) is 0. The summed E-state index contributed by atoms with van der Waals surface area (Å²) in [6, 6.07) is 26.1. The molecule has 4 nitrogen and oxygen atoms in total. The molecular weight excluding hydrogens is 434 g/mol. The molecule has 5 heteroatoms. The summed E-state index contributed by atoms with van der Waals surface area (Å²) >= 11 is 6.06. The second-order valence-corrected chi connectivity index (χ2v) is 8.63. The highest BCUT2D eigenvalue weighted by molar-refractivity contribution is 6.30. The third-order valence-electron chi connectivity index (χ3n) is 6.33. The van der Waals surface area contributed by atoms with Crippen LogP contribution in [0.2, 0.25) is 5.02 Å². The largest absolute Gasteiger partial charge is 0.493 e. The van der Waals surface area contributed by atoms with Gasteiger partial charge < -0.3 is 14.4 Å². The second kappa shape index (κ2) is 8.80. The summed E-state index contributed by atoms with van der Waals surface area (Å²) in [6.07, 6.45) is 0.379. The molecule has 0 saturated heterocycles. The zero-order valence-corrected chi connectivity index (χ0v) is 19.3. The topological polar surface area (TPSA) is 38.8 Å². The van der Waals surface area contributed by atoms with Crippen molar-refractivity contribution in [2.75, 3.05) is 19.1 Å². The molecule has 1 heterocycles. The van der Waals surface area contributed by atoms with Gasteiger partial charge in [-0.2, -0.15) is 0 Å². The van der Waals surface area contributed by atoms with E-state index in [2.05, 4.69) is 24.3 Å². The smallest absolute Gasteiger partial charge is 0.228 e. The van der Waals surface area contributed by atoms with Gasteiger partial charge in [-0.3, -0.25) is 4.79 Å². The summed E-state index contributed by atoms with van der Waals surface area (Å²) < 4.78 is 11.0. The minimum Gasteiger partial charge on any atom is -0.493 e. The molecule has 5 rings (SSSR count). The number of methoxy groups -OCH3 is 2. The van der Waals surface area contributed by atoms with Gasteiger partial charge in [0.1, 0.15) is 0 Å². The Morgan fingerprint density at radius 1 is 0.909 bits per heavy atom. The second-order valence-electron chi connectivity index (χ2n) is 8.20. The van der Waals surface area contributed by atoms with Gasteiger partial charge in [-0.05, 0) is 57.8 Å². The van der Waals surface area contributed by atoms with E-state index >= 15 is 0 Å². The molecule has 4 aromatic carbocycles. The molecule has 1 atom stereocenters.